The van der Waals surface area contributed by atoms with E-state index in [-0.39, 0.29) is 12.5 Å². The Morgan fingerprint density at radius 1 is 1.32 bits per heavy atom. The molecule has 1 aliphatic rings. The molecule has 1 aromatic heterocycles. The summed E-state index contributed by atoms with van der Waals surface area (Å²) in [4.78, 5) is 3.27. The van der Waals surface area contributed by atoms with E-state index in [4.69, 9.17) is 5.84 Å². The van der Waals surface area contributed by atoms with E-state index in [0.29, 0.717) is 18.7 Å². The summed E-state index contributed by atoms with van der Waals surface area (Å²) in [5.41, 5.74) is 7.79. The molecule has 106 valence electrons. The Morgan fingerprint density at radius 2 is 2.11 bits per heavy atom. The molecule has 0 atom stereocenters. The van der Waals surface area contributed by atoms with Crippen molar-refractivity contribution in [1.29, 1.82) is 0 Å². The number of hydrazone groups is 1. The summed E-state index contributed by atoms with van der Waals surface area (Å²) in [6, 6.07) is 0. The van der Waals surface area contributed by atoms with E-state index in [1.807, 2.05) is 0 Å². The van der Waals surface area contributed by atoms with Gasteiger partial charge in [-0.15, -0.1) is 15.7 Å². The number of aromatic amines is 1. The summed E-state index contributed by atoms with van der Waals surface area (Å²) in [5, 5.41) is 10.1. The lowest BCUT2D eigenvalue weighted by atomic mass is 10.3. The van der Waals surface area contributed by atoms with Gasteiger partial charge in [-0.3, -0.25) is 15.5 Å². The van der Waals surface area contributed by atoms with Crippen LogP contribution in [0.2, 0.25) is 0 Å². The molecule has 2 heterocycles. The number of amidine groups is 1. The number of nitrogens with zero attached hydrogens (tertiary/aromatic N) is 4. The topological polar surface area (TPSA) is 119 Å². The number of hydrazine groups is 3. The molecule has 0 saturated carbocycles. The molecule has 0 aliphatic carbocycles. The highest BCUT2D eigenvalue weighted by Crippen LogP contribution is 2.26. The minimum Gasteiger partial charge on any atom is -0.289 e. The molecule has 0 radical (unpaired) electrons. The first-order valence-electron chi connectivity index (χ1n) is 5.31. The molecule has 6 N–H and O–H groups in total. The van der Waals surface area contributed by atoms with Gasteiger partial charge in [0.15, 0.2) is 0 Å². The van der Waals surface area contributed by atoms with Gasteiger partial charge < -0.3 is 0 Å². The fraction of sp³-hybridized carbons (Fsp3) is 0.571. The van der Waals surface area contributed by atoms with Crippen LogP contribution >= 0.6 is 0 Å². The van der Waals surface area contributed by atoms with Crippen LogP contribution in [0, 0.1) is 0 Å². The summed E-state index contributed by atoms with van der Waals surface area (Å²) in [7, 11) is 0. The van der Waals surface area contributed by atoms with Crippen LogP contribution in [0.1, 0.15) is 18.7 Å². The minimum absolute atomic E-state index is 0.204. The normalized spacial score (nSPS) is 14.8. The van der Waals surface area contributed by atoms with Crippen LogP contribution in [0.3, 0.4) is 0 Å². The lowest BCUT2D eigenvalue weighted by Crippen LogP contribution is -2.36. The number of nitrogens with two attached hydrogens (primary N) is 1. The number of anilines is 1. The lowest BCUT2D eigenvalue weighted by Gasteiger charge is -2.13. The number of aromatic nitrogens is 3. The molecule has 0 spiro atoms. The monoisotopic (exact) mass is 279 g/mol. The van der Waals surface area contributed by atoms with Gasteiger partial charge in [0.05, 0.1) is 0 Å². The Morgan fingerprint density at radius 3 is 2.68 bits per heavy atom. The van der Waals surface area contributed by atoms with Crippen molar-refractivity contribution in [3.05, 3.63) is 5.82 Å². The molecule has 2 rings (SSSR count). The molecule has 0 bridgehead atoms. The van der Waals surface area contributed by atoms with Crippen LogP contribution in [-0.2, 0) is 6.18 Å². The molecule has 0 unspecified atom stereocenters. The number of alkyl halides is 3. The molecule has 0 saturated heterocycles. The summed E-state index contributed by atoms with van der Waals surface area (Å²) in [6.07, 6.45) is -3.42. The predicted molar refractivity (Wildman–Crippen MR) is 59.0 cm³/mol. The molecule has 0 aromatic carbocycles. The van der Waals surface area contributed by atoms with E-state index in [1.54, 1.807) is 5.10 Å². The molecule has 0 fully saturated rings. The van der Waals surface area contributed by atoms with Gasteiger partial charge in [0, 0.05) is 13.0 Å². The largest absolute Gasteiger partial charge is 0.451 e. The first-order valence-corrected chi connectivity index (χ1v) is 5.31. The molecule has 12 heteroatoms. The van der Waals surface area contributed by atoms with Gasteiger partial charge in [-0.25, -0.2) is 11.4 Å². The maximum absolute atomic E-state index is 12.3. The van der Waals surface area contributed by atoms with Crippen LogP contribution in [0.4, 0.5) is 19.1 Å². The van der Waals surface area contributed by atoms with Gasteiger partial charge in [-0.05, 0) is 6.42 Å². The van der Waals surface area contributed by atoms with E-state index in [0.717, 1.165) is 5.01 Å². The van der Waals surface area contributed by atoms with Gasteiger partial charge >= 0.3 is 6.18 Å². The Kier molecular flexibility index (Phi) is 3.71. The van der Waals surface area contributed by atoms with Crippen molar-refractivity contribution in [3.63, 3.8) is 0 Å². The van der Waals surface area contributed by atoms with E-state index >= 15 is 0 Å². The highest BCUT2D eigenvalue weighted by molar-refractivity contribution is 5.82. The zero-order valence-electron chi connectivity index (χ0n) is 9.62. The Balaban J connectivity index is 1.82. The predicted octanol–water partition coefficient (Wildman–Crippen LogP) is -0.790. The van der Waals surface area contributed by atoms with Crippen molar-refractivity contribution < 1.29 is 13.2 Å². The quantitative estimate of drug-likeness (QED) is 0.354. The van der Waals surface area contributed by atoms with Crippen LogP contribution in [0.15, 0.2) is 5.10 Å². The SMILES string of the molecule is NN(CCCC1=NNNN1)c1n[nH]c(C(F)(F)F)n1. The van der Waals surface area contributed by atoms with Crippen molar-refractivity contribution in [2.75, 3.05) is 11.6 Å². The second-order valence-electron chi connectivity index (χ2n) is 3.70. The van der Waals surface area contributed by atoms with Crippen LogP contribution < -0.4 is 27.3 Å². The van der Waals surface area contributed by atoms with Crippen molar-refractivity contribution >= 4 is 11.8 Å². The van der Waals surface area contributed by atoms with E-state index < -0.39 is 12.0 Å². The third-order valence-corrected chi connectivity index (χ3v) is 2.27. The van der Waals surface area contributed by atoms with Crippen LogP contribution in [0.25, 0.3) is 0 Å². The molecule has 19 heavy (non-hydrogen) atoms. The molecular formula is C7H12F3N9. The van der Waals surface area contributed by atoms with Gasteiger partial charge in [0.25, 0.3) is 5.95 Å². The first-order chi connectivity index (χ1) is 8.97. The summed E-state index contributed by atoms with van der Waals surface area (Å²) >= 11 is 0. The highest BCUT2D eigenvalue weighted by Gasteiger charge is 2.35. The van der Waals surface area contributed by atoms with Gasteiger partial charge in [-0.2, -0.15) is 18.2 Å². The van der Waals surface area contributed by atoms with Crippen LogP contribution in [-0.4, -0.2) is 27.6 Å². The van der Waals surface area contributed by atoms with Crippen molar-refractivity contribution in [1.82, 2.24) is 31.7 Å². The van der Waals surface area contributed by atoms with Crippen molar-refractivity contribution in [2.45, 2.75) is 19.0 Å². The number of hydrogen-bond acceptors (Lipinski definition) is 8. The Hall–Kier alpha value is -2.08. The fourth-order valence-corrected chi connectivity index (χ4v) is 1.37. The van der Waals surface area contributed by atoms with E-state index in [1.165, 1.54) is 0 Å². The number of rotatable bonds is 5. The molecular weight excluding hydrogens is 267 g/mol. The molecule has 1 aromatic rings. The Bertz CT molecular complexity index is 453. The standard InChI is InChI=1S/C7H12F3N9/c8-7(9,10)5-12-6(16-15-5)19(11)3-1-2-4-13-17-18-14-4/h17-18H,1-3,11H2,(H,13,14)(H,12,15,16). The van der Waals surface area contributed by atoms with Crippen molar-refractivity contribution in [2.24, 2.45) is 10.9 Å². The lowest BCUT2D eigenvalue weighted by molar-refractivity contribution is -0.144. The number of H-pyrrole nitrogens is 1. The number of hydrogen-bond donors (Lipinski definition) is 5. The average Bonchev–Trinajstić information content (AvgIpc) is 2.99. The first kappa shape index (κ1) is 13.4. The van der Waals surface area contributed by atoms with E-state index in [2.05, 4.69) is 31.7 Å². The number of nitrogens with one attached hydrogen (secondary N) is 4. The zero-order chi connectivity index (χ0) is 13.9. The summed E-state index contributed by atoms with van der Waals surface area (Å²) < 4.78 is 36.9. The van der Waals surface area contributed by atoms with Gasteiger partial charge in [-0.1, -0.05) is 0 Å². The third-order valence-electron chi connectivity index (χ3n) is 2.27. The summed E-state index contributed by atoms with van der Waals surface area (Å²) in [5.74, 6) is 4.87. The van der Waals surface area contributed by atoms with Gasteiger partial charge in [0.2, 0.25) is 5.82 Å². The maximum Gasteiger partial charge on any atom is 0.451 e. The van der Waals surface area contributed by atoms with Gasteiger partial charge in [0.1, 0.15) is 5.84 Å². The van der Waals surface area contributed by atoms with Crippen molar-refractivity contribution in [3.8, 4) is 0 Å². The molecule has 1 aliphatic heterocycles. The summed E-state index contributed by atoms with van der Waals surface area (Å²) in [6.45, 7) is 0.288. The average molecular weight is 279 g/mol. The fourth-order valence-electron chi connectivity index (χ4n) is 1.37. The third kappa shape index (κ3) is 3.45. The minimum atomic E-state index is -4.56. The molecule has 9 nitrogen and oxygen atoms in total. The maximum atomic E-state index is 12.3. The smallest absolute Gasteiger partial charge is 0.289 e. The second kappa shape index (κ2) is 5.27. The zero-order valence-corrected chi connectivity index (χ0v) is 9.62. The molecule has 0 amide bonds. The van der Waals surface area contributed by atoms with E-state index in [9.17, 15) is 13.2 Å². The second-order valence-corrected chi connectivity index (χ2v) is 3.70. The van der Waals surface area contributed by atoms with Crippen LogP contribution in [0.5, 0.6) is 0 Å². The Labute approximate surface area is 105 Å². The highest BCUT2D eigenvalue weighted by atomic mass is 19.4. The number of halogens is 3.